The molecule has 1 heterocycles. The lowest BCUT2D eigenvalue weighted by Crippen LogP contribution is -2.28. The minimum Gasteiger partial charge on any atom is -0.473 e. The highest BCUT2D eigenvalue weighted by Crippen LogP contribution is 2.25. The van der Waals surface area contributed by atoms with Gasteiger partial charge in [0.15, 0.2) is 0 Å². The lowest BCUT2D eigenvalue weighted by atomic mass is 9.93. The maximum Gasteiger partial charge on any atom is 0.239 e. The molecular formula is C14H23N3O2. The monoisotopic (exact) mass is 265 g/mol. The fraction of sp³-hybridized carbons (Fsp3) is 0.643. The van der Waals surface area contributed by atoms with Crippen molar-refractivity contribution in [1.29, 1.82) is 0 Å². The lowest BCUT2D eigenvalue weighted by Gasteiger charge is -2.26. The van der Waals surface area contributed by atoms with E-state index in [1.807, 2.05) is 26.0 Å². The van der Waals surface area contributed by atoms with E-state index in [0.717, 1.165) is 31.5 Å². The molecule has 1 aromatic heterocycles. The summed E-state index contributed by atoms with van der Waals surface area (Å²) in [5.41, 5.74) is 6.39. The summed E-state index contributed by atoms with van der Waals surface area (Å²) in [6.07, 6.45) is 3.54. The van der Waals surface area contributed by atoms with Gasteiger partial charge in [0.1, 0.15) is 5.82 Å². The van der Waals surface area contributed by atoms with Crippen LogP contribution >= 0.6 is 0 Å². The summed E-state index contributed by atoms with van der Waals surface area (Å²) >= 11 is 0. The van der Waals surface area contributed by atoms with Crippen molar-refractivity contribution < 1.29 is 9.84 Å². The molecule has 1 aliphatic rings. The van der Waals surface area contributed by atoms with E-state index in [-0.39, 0.29) is 12.2 Å². The summed E-state index contributed by atoms with van der Waals surface area (Å²) in [6.45, 7) is 3.90. The van der Waals surface area contributed by atoms with Crippen molar-refractivity contribution in [3.8, 4) is 5.88 Å². The van der Waals surface area contributed by atoms with Crippen LogP contribution in [0.1, 0.15) is 39.5 Å². The topological polar surface area (TPSA) is 80.4 Å². The van der Waals surface area contributed by atoms with Gasteiger partial charge in [-0.2, -0.15) is 4.98 Å². The highest BCUT2D eigenvalue weighted by Gasteiger charge is 2.19. The van der Waals surface area contributed by atoms with Crippen molar-refractivity contribution in [3.05, 3.63) is 12.1 Å². The SMILES string of the molecule is CC(C)Oc1nc(NC2CCC(O)CC2)ccc1N. The molecule has 106 valence electrons. The van der Waals surface area contributed by atoms with Crippen LogP contribution in [0.15, 0.2) is 12.1 Å². The molecule has 0 bridgehead atoms. The molecule has 1 aliphatic carbocycles. The third-order valence-electron chi connectivity index (χ3n) is 3.29. The largest absolute Gasteiger partial charge is 0.473 e. The quantitative estimate of drug-likeness (QED) is 0.777. The Balaban J connectivity index is 2.00. The van der Waals surface area contributed by atoms with Crippen LogP contribution in [-0.2, 0) is 0 Å². The summed E-state index contributed by atoms with van der Waals surface area (Å²) in [4.78, 5) is 4.40. The van der Waals surface area contributed by atoms with E-state index in [1.54, 1.807) is 0 Å². The van der Waals surface area contributed by atoms with Gasteiger partial charge in [0.25, 0.3) is 0 Å². The Hall–Kier alpha value is -1.49. The first-order chi connectivity index (χ1) is 9.04. The van der Waals surface area contributed by atoms with Gasteiger partial charge in [-0.05, 0) is 51.7 Å². The molecule has 0 aliphatic heterocycles. The summed E-state index contributed by atoms with van der Waals surface area (Å²) in [5.74, 6) is 1.27. The van der Waals surface area contributed by atoms with E-state index in [4.69, 9.17) is 10.5 Å². The van der Waals surface area contributed by atoms with Crippen LogP contribution in [0, 0.1) is 0 Å². The van der Waals surface area contributed by atoms with Gasteiger partial charge in [-0.15, -0.1) is 0 Å². The first kappa shape index (κ1) is 13.9. The number of nitrogens with one attached hydrogen (secondary N) is 1. The minimum absolute atomic E-state index is 0.0508. The van der Waals surface area contributed by atoms with Gasteiger partial charge in [0.2, 0.25) is 5.88 Å². The van der Waals surface area contributed by atoms with Crippen LogP contribution in [-0.4, -0.2) is 28.3 Å². The number of aromatic nitrogens is 1. The minimum atomic E-state index is -0.141. The van der Waals surface area contributed by atoms with Gasteiger partial charge in [-0.1, -0.05) is 0 Å². The molecule has 1 aromatic rings. The normalized spacial score (nSPS) is 23.4. The first-order valence-corrected chi connectivity index (χ1v) is 6.92. The lowest BCUT2D eigenvalue weighted by molar-refractivity contribution is 0.126. The highest BCUT2D eigenvalue weighted by atomic mass is 16.5. The van der Waals surface area contributed by atoms with Crippen molar-refractivity contribution in [2.24, 2.45) is 0 Å². The van der Waals surface area contributed by atoms with Gasteiger partial charge in [0, 0.05) is 6.04 Å². The van der Waals surface area contributed by atoms with Crippen molar-refractivity contribution >= 4 is 11.5 Å². The number of hydrogen-bond donors (Lipinski definition) is 3. The van der Waals surface area contributed by atoms with Gasteiger partial charge in [0.05, 0.1) is 17.9 Å². The molecule has 0 radical (unpaired) electrons. The van der Waals surface area contributed by atoms with Crippen LogP contribution < -0.4 is 15.8 Å². The molecule has 5 heteroatoms. The Kier molecular flexibility index (Phi) is 4.47. The molecule has 1 saturated carbocycles. The molecule has 2 rings (SSSR count). The second-order valence-electron chi connectivity index (χ2n) is 5.41. The van der Waals surface area contributed by atoms with Crippen molar-refractivity contribution in [2.45, 2.75) is 57.8 Å². The highest BCUT2D eigenvalue weighted by molar-refractivity contribution is 5.53. The zero-order valence-electron chi connectivity index (χ0n) is 11.6. The molecule has 4 N–H and O–H groups in total. The predicted octanol–water partition coefficient (Wildman–Crippen LogP) is 2.17. The zero-order valence-corrected chi connectivity index (χ0v) is 11.6. The number of nitrogens with two attached hydrogens (primary N) is 1. The van der Waals surface area contributed by atoms with Gasteiger partial charge < -0.3 is 20.9 Å². The van der Waals surface area contributed by atoms with E-state index < -0.39 is 0 Å². The Labute approximate surface area is 114 Å². The molecular weight excluding hydrogens is 242 g/mol. The standard InChI is InChI=1S/C14H23N3O2/c1-9(2)19-14-12(15)7-8-13(17-14)16-10-3-5-11(18)6-4-10/h7-11,18H,3-6,15H2,1-2H3,(H,16,17). The van der Waals surface area contributed by atoms with E-state index in [9.17, 15) is 5.11 Å². The van der Waals surface area contributed by atoms with E-state index in [1.165, 1.54) is 0 Å². The number of nitrogen functional groups attached to an aromatic ring is 1. The third kappa shape index (κ3) is 3.99. The van der Waals surface area contributed by atoms with Crippen molar-refractivity contribution in [2.75, 3.05) is 11.1 Å². The molecule has 0 amide bonds. The van der Waals surface area contributed by atoms with Crippen LogP contribution in [0.4, 0.5) is 11.5 Å². The number of nitrogens with zero attached hydrogens (tertiary/aromatic N) is 1. The molecule has 1 fully saturated rings. The number of pyridine rings is 1. The number of ether oxygens (including phenoxy) is 1. The number of anilines is 2. The Morgan fingerprint density at radius 2 is 2.00 bits per heavy atom. The van der Waals surface area contributed by atoms with Crippen LogP contribution in [0.5, 0.6) is 5.88 Å². The molecule has 0 spiro atoms. The number of aliphatic hydroxyl groups is 1. The van der Waals surface area contributed by atoms with Crippen molar-refractivity contribution in [1.82, 2.24) is 4.98 Å². The molecule has 0 aromatic carbocycles. The molecule has 0 atom stereocenters. The van der Waals surface area contributed by atoms with Gasteiger partial charge in [-0.3, -0.25) is 0 Å². The predicted molar refractivity (Wildman–Crippen MR) is 76.3 cm³/mol. The van der Waals surface area contributed by atoms with Crippen LogP contribution in [0.3, 0.4) is 0 Å². The second-order valence-corrected chi connectivity index (χ2v) is 5.41. The van der Waals surface area contributed by atoms with Gasteiger partial charge >= 0.3 is 0 Å². The fourth-order valence-electron chi connectivity index (χ4n) is 2.28. The molecule has 5 nitrogen and oxygen atoms in total. The summed E-state index contributed by atoms with van der Waals surface area (Å²) in [7, 11) is 0. The second kappa shape index (κ2) is 6.10. The number of hydrogen-bond acceptors (Lipinski definition) is 5. The number of rotatable bonds is 4. The fourth-order valence-corrected chi connectivity index (χ4v) is 2.28. The smallest absolute Gasteiger partial charge is 0.239 e. The third-order valence-corrected chi connectivity index (χ3v) is 3.29. The average Bonchev–Trinajstić information content (AvgIpc) is 2.36. The maximum atomic E-state index is 9.49. The van der Waals surface area contributed by atoms with E-state index in [2.05, 4.69) is 10.3 Å². The first-order valence-electron chi connectivity index (χ1n) is 6.92. The maximum absolute atomic E-state index is 9.49. The van der Waals surface area contributed by atoms with Gasteiger partial charge in [-0.25, -0.2) is 0 Å². The average molecular weight is 265 g/mol. The molecule has 0 saturated heterocycles. The molecule has 19 heavy (non-hydrogen) atoms. The van der Waals surface area contributed by atoms with Crippen LogP contribution in [0.2, 0.25) is 0 Å². The van der Waals surface area contributed by atoms with E-state index in [0.29, 0.717) is 17.6 Å². The van der Waals surface area contributed by atoms with Crippen molar-refractivity contribution in [3.63, 3.8) is 0 Å². The Morgan fingerprint density at radius 1 is 1.32 bits per heavy atom. The number of aliphatic hydroxyl groups excluding tert-OH is 1. The summed E-state index contributed by atoms with van der Waals surface area (Å²) in [5, 5.41) is 12.9. The summed E-state index contributed by atoms with van der Waals surface area (Å²) in [6, 6.07) is 4.05. The van der Waals surface area contributed by atoms with E-state index >= 15 is 0 Å². The Morgan fingerprint density at radius 3 is 2.63 bits per heavy atom. The Bertz CT molecular complexity index is 415. The molecule has 0 unspecified atom stereocenters. The van der Waals surface area contributed by atoms with Crippen LogP contribution in [0.25, 0.3) is 0 Å². The summed E-state index contributed by atoms with van der Waals surface area (Å²) < 4.78 is 5.58. The zero-order chi connectivity index (χ0) is 13.8.